The van der Waals surface area contributed by atoms with E-state index < -0.39 is 0 Å². The van der Waals surface area contributed by atoms with Crippen molar-refractivity contribution in [1.82, 2.24) is 14.9 Å². The Bertz CT molecular complexity index is 1560. The fourth-order valence-electron chi connectivity index (χ4n) is 5.04. The van der Waals surface area contributed by atoms with Gasteiger partial charge in [0.15, 0.2) is 5.11 Å². The highest BCUT2D eigenvalue weighted by Crippen LogP contribution is 2.42. The second-order valence-electron chi connectivity index (χ2n) is 9.50. The first kappa shape index (κ1) is 23.9. The van der Waals surface area contributed by atoms with E-state index >= 15 is 0 Å². The van der Waals surface area contributed by atoms with Crippen LogP contribution in [-0.2, 0) is 0 Å². The molecule has 6 heteroatoms. The number of para-hydroxylation sites is 1. The summed E-state index contributed by atoms with van der Waals surface area (Å²) >= 11 is 5.93. The molecule has 1 aliphatic heterocycles. The predicted octanol–water partition coefficient (Wildman–Crippen LogP) is 7.46. The molecular weight excluding hydrogens is 488 g/mol. The summed E-state index contributed by atoms with van der Waals surface area (Å²) in [5.74, 6) is 1.59. The molecule has 2 atom stereocenters. The molecule has 0 unspecified atom stereocenters. The van der Waals surface area contributed by atoms with E-state index in [-0.39, 0.29) is 12.1 Å². The van der Waals surface area contributed by atoms with Crippen molar-refractivity contribution in [2.75, 3.05) is 4.90 Å². The number of rotatable bonds is 6. The van der Waals surface area contributed by atoms with Gasteiger partial charge in [0.1, 0.15) is 17.5 Å². The quantitative estimate of drug-likeness (QED) is 0.237. The van der Waals surface area contributed by atoms with Crippen LogP contribution in [0, 0.1) is 13.8 Å². The molecule has 1 saturated heterocycles. The van der Waals surface area contributed by atoms with Crippen LogP contribution in [0.3, 0.4) is 0 Å². The molecule has 3 aromatic carbocycles. The molecule has 1 aliphatic rings. The average molecular weight is 517 g/mol. The Labute approximate surface area is 228 Å². The molecular formula is C32H28N4OS. The summed E-state index contributed by atoms with van der Waals surface area (Å²) in [6, 6.07) is 34.6. The summed E-state index contributed by atoms with van der Waals surface area (Å²) in [6.07, 6.45) is 3.95. The Kier molecular flexibility index (Phi) is 6.40. The van der Waals surface area contributed by atoms with Crippen molar-refractivity contribution in [3.63, 3.8) is 0 Å². The maximum Gasteiger partial charge on any atom is 0.174 e. The van der Waals surface area contributed by atoms with Crippen LogP contribution >= 0.6 is 12.2 Å². The minimum absolute atomic E-state index is 0.115. The van der Waals surface area contributed by atoms with E-state index in [0.717, 1.165) is 34.3 Å². The van der Waals surface area contributed by atoms with Gasteiger partial charge in [-0.3, -0.25) is 4.98 Å². The van der Waals surface area contributed by atoms with Crippen molar-refractivity contribution >= 4 is 23.0 Å². The standard InChI is InChI=1S/C32H28N4OS/c1-22-12-16-25(17-13-22)37-26-18-14-24(15-19-26)36-31(30(34-32(36)38)27-9-5-6-20-33-27)29-11-7-21-35(29)28-10-4-3-8-23(28)2/h3-21,30-31H,1-2H3,(H,34,38)/t30-,31+/m0/s1. The van der Waals surface area contributed by atoms with Crippen LogP contribution in [0.25, 0.3) is 5.69 Å². The number of aryl methyl sites for hydroxylation is 2. The summed E-state index contributed by atoms with van der Waals surface area (Å²) in [6.45, 7) is 4.20. The highest BCUT2D eigenvalue weighted by Gasteiger charge is 2.42. The first-order valence-corrected chi connectivity index (χ1v) is 13.1. The molecule has 3 heterocycles. The lowest BCUT2D eigenvalue weighted by molar-refractivity contribution is 0.482. The zero-order chi connectivity index (χ0) is 26.1. The lowest BCUT2D eigenvalue weighted by Gasteiger charge is -2.29. The van der Waals surface area contributed by atoms with Crippen molar-refractivity contribution in [3.05, 3.63) is 138 Å². The van der Waals surface area contributed by atoms with E-state index in [4.69, 9.17) is 21.9 Å². The molecule has 5 nitrogen and oxygen atoms in total. The molecule has 0 spiro atoms. The molecule has 2 aromatic heterocycles. The number of hydrogen-bond acceptors (Lipinski definition) is 3. The van der Waals surface area contributed by atoms with Gasteiger partial charge < -0.3 is 19.5 Å². The van der Waals surface area contributed by atoms with Crippen LogP contribution in [0.5, 0.6) is 11.5 Å². The highest BCUT2D eigenvalue weighted by atomic mass is 32.1. The van der Waals surface area contributed by atoms with Gasteiger partial charge in [-0.25, -0.2) is 0 Å². The number of nitrogens with zero attached hydrogens (tertiary/aromatic N) is 3. The summed E-state index contributed by atoms with van der Waals surface area (Å²) in [4.78, 5) is 6.88. The summed E-state index contributed by atoms with van der Waals surface area (Å²) in [7, 11) is 0. The van der Waals surface area contributed by atoms with Gasteiger partial charge in [-0.2, -0.15) is 0 Å². The first-order chi connectivity index (χ1) is 18.6. The number of hydrogen-bond donors (Lipinski definition) is 1. The molecule has 0 saturated carbocycles. The average Bonchev–Trinajstić information content (AvgIpc) is 3.55. The monoisotopic (exact) mass is 516 g/mol. The zero-order valence-electron chi connectivity index (χ0n) is 21.3. The second kappa shape index (κ2) is 10.1. The third-order valence-corrected chi connectivity index (χ3v) is 7.24. The van der Waals surface area contributed by atoms with Crippen molar-refractivity contribution < 1.29 is 4.74 Å². The molecule has 1 fully saturated rings. The van der Waals surface area contributed by atoms with Crippen LogP contribution in [0.4, 0.5) is 5.69 Å². The predicted molar refractivity (Wildman–Crippen MR) is 156 cm³/mol. The van der Waals surface area contributed by atoms with Crippen molar-refractivity contribution in [2.24, 2.45) is 0 Å². The van der Waals surface area contributed by atoms with Crippen LogP contribution in [0.1, 0.15) is 34.6 Å². The SMILES string of the molecule is Cc1ccc(Oc2ccc(N3C(=S)N[C@@H](c4ccccn4)[C@H]3c3cccn3-c3ccccc3C)cc2)cc1. The van der Waals surface area contributed by atoms with Gasteiger partial charge in [-0.1, -0.05) is 42.0 Å². The Morgan fingerprint density at radius 1 is 0.789 bits per heavy atom. The fraction of sp³-hybridized carbons (Fsp3) is 0.125. The molecule has 0 radical (unpaired) electrons. The molecule has 38 heavy (non-hydrogen) atoms. The minimum Gasteiger partial charge on any atom is -0.457 e. The first-order valence-electron chi connectivity index (χ1n) is 12.7. The maximum atomic E-state index is 6.08. The van der Waals surface area contributed by atoms with Gasteiger partial charge in [0, 0.05) is 29.5 Å². The summed E-state index contributed by atoms with van der Waals surface area (Å²) < 4.78 is 8.33. The van der Waals surface area contributed by atoms with Gasteiger partial charge in [-0.15, -0.1) is 0 Å². The third-order valence-electron chi connectivity index (χ3n) is 6.93. The Morgan fingerprint density at radius 3 is 2.21 bits per heavy atom. The molecule has 5 aromatic rings. The van der Waals surface area contributed by atoms with Gasteiger partial charge in [0.2, 0.25) is 0 Å². The Hall–Kier alpha value is -4.42. The number of pyridine rings is 1. The van der Waals surface area contributed by atoms with Crippen LogP contribution in [0.2, 0.25) is 0 Å². The number of ether oxygens (including phenoxy) is 1. The molecule has 0 bridgehead atoms. The Balaban J connectivity index is 1.40. The lowest BCUT2D eigenvalue weighted by atomic mass is 10.0. The maximum absolute atomic E-state index is 6.08. The van der Waals surface area contributed by atoms with E-state index in [1.54, 1.807) is 0 Å². The fourth-order valence-corrected chi connectivity index (χ4v) is 5.38. The highest BCUT2D eigenvalue weighted by molar-refractivity contribution is 7.80. The van der Waals surface area contributed by atoms with Crippen molar-refractivity contribution in [3.8, 4) is 17.2 Å². The van der Waals surface area contributed by atoms with Crippen molar-refractivity contribution in [2.45, 2.75) is 25.9 Å². The third kappa shape index (κ3) is 4.55. The molecule has 0 amide bonds. The van der Waals surface area contributed by atoms with E-state index in [9.17, 15) is 0 Å². The topological polar surface area (TPSA) is 42.3 Å². The largest absolute Gasteiger partial charge is 0.457 e. The van der Waals surface area contributed by atoms with Crippen LogP contribution < -0.4 is 15.0 Å². The number of benzene rings is 3. The Morgan fingerprint density at radius 2 is 1.50 bits per heavy atom. The summed E-state index contributed by atoms with van der Waals surface area (Å²) in [5, 5.41) is 4.22. The smallest absolute Gasteiger partial charge is 0.174 e. The normalized spacial score (nSPS) is 16.9. The number of thiocarbonyl (C=S) groups is 1. The van der Waals surface area contributed by atoms with E-state index in [2.05, 4.69) is 89.4 Å². The lowest BCUT2D eigenvalue weighted by Crippen LogP contribution is -2.30. The number of anilines is 1. The van der Waals surface area contributed by atoms with E-state index in [0.29, 0.717) is 5.11 Å². The number of nitrogens with one attached hydrogen (secondary N) is 1. The molecule has 0 aliphatic carbocycles. The zero-order valence-corrected chi connectivity index (χ0v) is 22.1. The molecule has 188 valence electrons. The van der Waals surface area contributed by atoms with E-state index in [1.165, 1.54) is 11.1 Å². The van der Waals surface area contributed by atoms with Gasteiger partial charge >= 0.3 is 0 Å². The van der Waals surface area contributed by atoms with Crippen LogP contribution in [-0.4, -0.2) is 14.7 Å². The van der Waals surface area contributed by atoms with E-state index in [1.807, 2.05) is 54.7 Å². The van der Waals surface area contributed by atoms with Gasteiger partial charge in [0.05, 0.1) is 11.7 Å². The second-order valence-corrected chi connectivity index (χ2v) is 9.88. The molecule has 6 rings (SSSR count). The number of aromatic nitrogens is 2. The molecule has 1 N–H and O–H groups in total. The van der Waals surface area contributed by atoms with Crippen molar-refractivity contribution in [1.29, 1.82) is 0 Å². The van der Waals surface area contributed by atoms with Crippen LogP contribution in [0.15, 0.2) is 116 Å². The summed E-state index contributed by atoms with van der Waals surface area (Å²) in [5.41, 5.74) is 6.61. The van der Waals surface area contributed by atoms with Gasteiger partial charge in [0.25, 0.3) is 0 Å². The minimum atomic E-state index is -0.121. The van der Waals surface area contributed by atoms with Gasteiger partial charge in [-0.05, 0) is 98.4 Å².